The van der Waals surface area contributed by atoms with E-state index in [2.05, 4.69) is 4.98 Å². The Hall–Kier alpha value is -2.50. The normalized spacial score (nSPS) is 23.0. The highest BCUT2D eigenvalue weighted by Gasteiger charge is 2.30. The molecule has 2 N–H and O–H groups in total. The van der Waals surface area contributed by atoms with Gasteiger partial charge in [0.25, 0.3) is 5.56 Å². The number of fused-ring (bicyclic) bond motifs is 1. The Morgan fingerprint density at radius 3 is 3.00 bits per heavy atom. The molecule has 21 heavy (non-hydrogen) atoms. The molecule has 0 aliphatic heterocycles. The average Bonchev–Trinajstić information content (AvgIpc) is 2.54. The molecule has 108 valence electrons. The standard InChI is InChI=1S/C15H15N3O3/c1-8-17-11-4-2-3-10(16)14(11)15(21)18(8)12-6-5-9(19)7-13(12)20/h2-4,12H,5-7,16H2,1H3/i1D3/hD2. The zero-order valence-corrected chi connectivity index (χ0v) is 11.0. The lowest BCUT2D eigenvalue weighted by molar-refractivity contribution is -0.132. The second-order valence-corrected chi connectivity index (χ2v) is 5.02. The SMILES string of the molecule is [2H]N([2H])c1cccc2nc(C([2H])([2H])[2H])n(C3CCC(=O)CC3=O)c(=O)c12. The van der Waals surface area contributed by atoms with Gasteiger partial charge in [-0.3, -0.25) is 19.0 Å². The summed E-state index contributed by atoms with van der Waals surface area (Å²) in [5.74, 6) is -1.34. The van der Waals surface area contributed by atoms with Crippen molar-refractivity contribution in [2.75, 3.05) is 5.72 Å². The van der Waals surface area contributed by atoms with Gasteiger partial charge in [0.2, 0.25) is 0 Å². The fourth-order valence-electron chi connectivity index (χ4n) is 2.65. The topological polar surface area (TPSA) is 95.0 Å². The molecule has 1 fully saturated rings. The van der Waals surface area contributed by atoms with Crippen LogP contribution < -0.4 is 11.3 Å². The van der Waals surface area contributed by atoms with E-state index in [-0.39, 0.29) is 47.4 Å². The quantitative estimate of drug-likeness (QED) is 0.661. The highest BCUT2D eigenvalue weighted by Crippen LogP contribution is 2.24. The lowest BCUT2D eigenvalue weighted by Gasteiger charge is -2.24. The summed E-state index contributed by atoms with van der Waals surface area (Å²) in [6.45, 7) is -2.76. The monoisotopic (exact) mass is 290 g/mol. The number of aromatic nitrogens is 2. The van der Waals surface area contributed by atoms with Crippen molar-refractivity contribution in [3.8, 4) is 0 Å². The van der Waals surface area contributed by atoms with Gasteiger partial charge in [0, 0.05) is 16.2 Å². The molecule has 1 aromatic heterocycles. The molecule has 1 aliphatic rings. The summed E-state index contributed by atoms with van der Waals surface area (Å²) in [4.78, 5) is 40.9. The van der Waals surface area contributed by atoms with Crippen LogP contribution in [0.15, 0.2) is 23.0 Å². The Bertz CT molecular complexity index is 967. The zero-order chi connectivity index (χ0) is 19.2. The maximum atomic E-state index is 13.1. The molecule has 6 heteroatoms. The number of Topliss-reactive ketones (excluding diaryl/α,β-unsaturated/α-hetero) is 2. The number of hydrogen-bond acceptors (Lipinski definition) is 5. The van der Waals surface area contributed by atoms with E-state index in [1.54, 1.807) is 0 Å². The van der Waals surface area contributed by atoms with Crippen molar-refractivity contribution >= 4 is 28.2 Å². The number of hydrogen-bond donors (Lipinski definition) is 1. The lowest BCUT2D eigenvalue weighted by atomic mass is 9.92. The lowest BCUT2D eigenvalue weighted by Crippen LogP contribution is -2.36. The molecule has 0 radical (unpaired) electrons. The molecule has 0 bridgehead atoms. The van der Waals surface area contributed by atoms with Crippen LogP contribution in [0.4, 0.5) is 5.69 Å². The number of anilines is 1. The third-order valence-electron chi connectivity index (χ3n) is 3.66. The van der Waals surface area contributed by atoms with Gasteiger partial charge in [-0.1, -0.05) is 6.07 Å². The van der Waals surface area contributed by atoms with Crippen molar-refractivity contribution in [2.24, 2.45) is 0 Å². The second-order valence-electron chi connectivity index (χ2n) is 5.02. The first kappa shape index (κ1) is 8.71. The van der Waals surface area contributed by atoms with Gasteiger partial charge >= 0.3 is 0 Å². The summed E-state index contributed by atoms with van der Waals surface area (Å²) in [7, 11) is 0. The molecule has 3 rings (SSSR count). The molecule has 6 nitrogen and oxygen atoms in total. The van der Waals surface area contributed by atoms with Gasteiger partial charge in [0.15, 0.2) is 8.61 Å². The van der Waals surface area contributed by atoms with Crippen molar-refractivity contribution in [3.05, 3.63) is 34.4 Å². The molecule has 1 heterocycles. The van der Waals surface area contributed by atoms with E-state index in [1.165, 1.54) is 18.2 Å². The summed E-state index contributed by atoms with van der Waals surface area (Å²) in [6.07, 6.45) is -0.284. The Balaban J connectivity index is 2.37. The number of carbonyl (C=O) groups is 2. The molecule has 1 unspecified atom stereocenters. The van der Waals surface area contributed by atoms with Crippen molar-refractivity contribution in [2.45, 2.75) is 32.2 Å². The molecule has 2 aromatic rings. The van der Waals surface area contributed by atoms with Gasteiger partial charge < -0.3 is 5.72 Å². The maximum Gasteiger partial charge on any atom is 0.264 e. The summed E-state index contributed by atoms with van der Waals surface area (Å²) in [5.41, 5.74) is -0.630. The second kappa shape index (κ2) is 4.80. The van der Waals surface area contributed by atoms with Crippen LogP contribution in [-0.2, 0) is 9.59 Å². The third kappa shape index (κ3) is 2.12. The van der Waals surface area contributed by atoms with Crippen LogP contribution in [0, 0.1) is 6.85 Å². The number of rotatable bonds is 2. The smallest absolute Gasteiger partial charge is 0.264 e. The average molecular weight is 290 g/mol. The Morgan fingerprint density at radius 2 is 2.29 bits per heavy atom. The summed E-state index contributed by atoms with van der Waals surface area (Å²) in [6, 6.07) is 3.12. The number of ketones is 2. The number of aryl methyl sites for hydroxylation is 1. The first-order valence-corrected chi connectivity index (χ1v) is 6.49. The fraction of sp³-hybridized carbons (Fsp3) is 0.333. The van der Waals surface area contributed by atoms with Crippen LogP contribution in [0.2, 0.25) is 2.82 Å². The van der Waals surface area contributed by atoms with Crippen LogP contribution >= 0.6 is 0 Å². The zero-order valence-electron chi connectivity index (χ0n) is 16.0. The van der Waals surface area contributed by atoms with Gasteiger partial charge in [0.1, 0.15) is 11.6 Å². The minimum absolute atomic E-state index is 0.0153. The van der Waals surface area contributed by atoms with Crippen molar-refractivity contribution in [1.82, 2.24) is 9.55 Å². The van der Waals surface area contributed by atoms with E-state index in [0.29, 0.717) is 0 Å². The molecular formula is C15H15N3O3. The van der Waals surface area contributed by atoms with Gasteiger partial charge in [-0.15, -0.1) is 0 Å². The van der Waals surface area contributed by atoms with Gasteiger partial charge in [-0.25, -0.2) is 4.98 Å². The number of nitrogen functional groups attached to an aromatic ring is 1. The van der Waals surface area contributed by atoms with Crippen LogP contribution in [0.3, 0.4) is 0 Å². The predicted octanol–water partition coefficient (Wildman–Crippen LogP) is 1.15. The van der Waals surface area contributed by atoms with Gasteiger partial charge in [0.05, 0.1) is 23.4 Å². The predicted molar refractivity (Wildman–Crippen MR) is 78.1 cm³/mol. The number of nitrogens with zero attached hydrogens (tertiary/aromatic N) is 2. The highest BCUT2D eigenvalue weighted by atomic mass is 16.2. The summed E-state index contributed by atoms with van der Waals surface area (Å²) in [5, 5.41) is -0.116. The van der Waals surface area contributed by atoms with Gasteiger partial charge in [-0.05, 0) is 25.4 Å². The van der Waals surface area contributed by atoms with Crippen LogP contribution in [0.1, 0.15) is 35.2 Å². The van der Waals surface area contributed by atoms with Crippen LogP contribution in [0.5, 0.6) is 0 Å². The number of benzene rings is 1. The van der Waals surface area contributed by atoms with Crippen molar-refractivity contribution < 1.29 is 16.5 Å². The van der Waals surface area contributed by atoms with E-state index in [9.17, 15) is 14.4 Å². The van der Waals surface area contributed by atoms with E-state index < -0.39 is 30.1 Å². The molecule has 1 atom stereocenters. The summed E-state index contributed by atoms with van der Waals surface area (Å²) >= 11 is 0. The van der Waals surface area contributed by atoms with E-state index in [4.69, 9.17) is 6.94 Å². The first-order valence-electron chi connectivity index (χ1n) is 8.88. The summed E-state index contributed by atoms with van der Waals surface area (Å²) < 4.78 is 38.8. The number of carbonyl (C=O) groups excluding carboxylic acids is 2. The Labute approximate surface area is 127 Å². The minimum Gasteiger partial charge on any atom is -0.398 e. The van der Waals surface area contributed by atoms with Crippen LogP contribution in [-0.4, -0.2) is 21.1 Å². The first-order chi connectivity index (χ1) is 12.1. The minimum atomic E-state index is -2.76. The maximum absolute atomic E-state index is 13.1. The van der Waals surface area contributed by atoms with E-state index >= 15 is 0 Å². The molecule has 0 spiro atoms. The molecule has 1 saturated carbocycles. The fourth-order valence-corrected chi connectivity index (χ4v) is 2.65. The van der Waals surface area contributed by atoms with Crippen molar-refractivity contribution in [1.29, 1.82) is 0 Å². The molecular weight excluding hydrogens is 270 g/mol. The Morgan fingerprint density at radius 1 is 1.43 bits per heavy atom. The van der Waals surface area contributed by atoms with E-state index in [1.807, 2.05) is 0 Å². The highest BCUT2D eigenvalue weighted by molar-refractivity contribution is 6.03. The largest absolute Gasteiger partial charge is 0.398 e. The van der Waals surface area contributed by atoms with Gasteiger partial charge in [-0.2, -0.15) is 0 Å². The van der Waals surface area contributed by atoms with Crippen molar-refractivity contribution in [3.63, 3.8) is 0 Å². The molecule has 1 aromatic carbocycles. The van der Waals surface area contributed by atoms with E-state index in [0.717, 1.165) is 4.57 Å². The Kier molecular flexibility index (Phi) is 1.99. The molecule has 0 amide bonds. The number of nitrogens with two attached hydrogens (primary N) is 1. The van der Waals surface area contributed by atoms with Crippen LogP contribution in [0.25, 0.3) is 10.9 Å². The third-order valence-corrected chi connectivity index (χ3v) is 3.66. The molecule has 1 aliphatic carbocycles. The molecule has 0 saturated heterocycles.